The summed E-state index contributed by atoms with van der Waals surface area (Å²) in [4.78, 5) is 31.5. The fourth-order valence-electron chi connectivity index (χ4n) is 3.76. The standard InChI is InChI=1S/C25H21FN2O3/c1-15-5-8-18(12-16(15)2)23(29)21-22(19-4-3-11-27-13-19)28(25(31)24(21)30)14-17-6-9-20(26)10-7-17/h3-13,22,29H,14H2,1-2H3/b23-21-. The number of aliphatic hydroxyl groups is 1. The summed E-state index contributed by atoms with van der Waals surface area (Å²) in [6, 6.07) is 13.8. The van der Waals surface area contributed by atoms with Crippen LogP contribution < -0.4 is 0 Å². The first-order chi connectivity index (χ1) is 14.9. The van der Waals surface area contributed by atoms with Crippen LogP contribution in [-0.4, -0.2) is 26.7 Å². The maximum atomic E-state index is 13.3. The average molecular weight is 416 g/mol. The maximum absolute atomic E-state index is 13.3. The summed E-state index contributed by atoms with van der Waals surface area (Å²) >= 11 is 0. The lowest BCUT2D eigenvalue weighted by Crippen LogP contribution is -2.29. The van der Waals surface area contributed by atoms with Crippen molar-refractivity contribution >= 4 is 17.4 Å². The first-order valence-electron chi connectivity index (χ1n) is 9.87. The number of ketones is 1. The van der Waals surface area contributed by atoms with Crippen LogP contribution in [0.4, 0.5) is 4.39 Å². The van der Waals surface area contributed by atoms with E-state index in [1.54, 1.807) is 48.8 Å². The van der Waals surface area contributed by atoms with Crippen molar-refractivity contribution in [1.82, 2.24) is 9.88 Å². The fourth-order valence-corrected chi connectivity index (χ4v) is 3.76. The van der Waals surface area contributed by atoms with Crippen LogP contribution in [0, 0.1) is 19.7 Å². The maximum Gasteiger partial charge on any atom is 0.295 e. The molecule has 5 nitrogen and oxygen atoms in total. The van der Waals surface area contributed by atoms with Gasteiger partial charge >= 0.3 is 0 Å². The van der Waals surface area contributed by atoms with Crippen LogP contribution in [0.3, 0.4) is 0 Å². The molecule has 2 heterocycles. The van der Waals surface area contributed by atoms with E-state index in [1.807, 2.05) is 19.9 Å². The monoisotopic (exact) mass is 416 g/mol. The molecule has 1 fully saturated rings. The molecule has 1 atom stereocenters. The predicted octanol–water partition coefficient (Wildman–Crippen LogP) is 4.46. The Hall–Kier alpha value is -3.80. The Labute approximate surface area is 179 Å². The van der Waals surface area contributed by atoms with Gasteiger partial charge in [0.2, 0.25) is 0 Å². The largest absolute Gasteiger partial charge is 0.507 e. The molecule has 1 aromatic heterocycles. The Morgan fingerprint density at radius 3 is 2.45 bits per heavy atom. The Bertz CT molecular complexity index is 1190. The van der Waals surface area contributed by atoms with Gasteiger partial charge in [-0.05, 0) is 60.4 Å². The molecule has 0 saturated carbocycles. The number of halogens is 1. The van der Waals surface area contributed by atoms with Crippen molar-refractivity contribution < 1.29 is 19.1 Å². The summed E-state index contributed by atoms with van der Waals surface area (Å²) in [5, 5.41) is 11.1. The molecule has 2 aromatic carbocycles. The van der Waals surface area contributed by atoms with E-state index in [1.165, 1.54) is 17.0 Å². The fraction of sp³-hybridized carbons (Fsp3) is 0.160. The van der Waals surface area contributed by atoms with Gasteiger partial charge in [-0.2, -0.15) is 0 Å². The number of benzene rings is 2. The van der Waals surface area contributed by atoms with Crippen LogP contribution in [0.2, 0.25) is 0 Å². The van der Waals surface area contributed by atoms with E-state index in [2.05, 4.69) is 4.98 Å². The Morgan fingerprint density at radius 2 is 1.81 bits per heavy atom. The van der Waals surface area contributed by atoms with E-state index < -0.39 is 17.7 Å². The number of nitrogens with zero attached hydrogens (tertiary/aromatic N) is 2. The Morgan fingerprint density at radius 1 is 1.06 bits per heavy atom. The van der Waals surface area contributed by atoms with Crippen molar-refractivity contribution in [2.24, 2.45) is 0 Å². The van der Waals surface area contributed by atoms with Crippen molar-refractivity contribution in [1.29, 1.82) is 0 Å². The molecule has 1 aliphatic rings. The SMILES string of the molecule is Cc1ccc(/C(O)=C2/C(=O)C(=O)N(Cc3ccc(F)cc3)C2c2cccnc2)cc1C. The van der Waals surface area contributed by atoms with E-state index in [4.69, 9.17) is 0 Å². The van der Waals surface area contributed by atoms with Crippen LogP contribution in [0.25, 0.3) is 5.76 Å². The highest BCUT2D eigenvalue weighted by Crippen LogP contribution is 2.40. The number of pyridine rings is 1. The predicted molar refractivity (Wildman–Crippen MR) is 114 cm³/mol. The molecule has 1 N–H and O–H groups in total. The van der Waals surface area contributed by atoms with E-state index in [-0.39, 0.29) is 23.7 Å². The summed E-state index contributed by atoms with van der Waals surface area (Å²) in [7, 11) is 0. The average Bonchev–Trinajstić information content (AvgIpc) is 3.02. The van der Waals surface area contributed by atoms with Gasteiger partial charge in [-0.25, -0.2) is 4.39 Å². The van der Waals surface area contributed by atoms with Crippen molar-refractivity contribution in [3.8, 4) is 0 Å². The zero-order chi connectivity index (χ0) is 22.1. The van der Waals surface area contributed by atoms with Gasteiger partial charge in [0.15, 0.2) is 0 Å². The number of Topliss-reactive ketones (excluding diaryl/α,β-unsaturated/α-hetero) is 1. The number of aryl methyl sites for hydroxylation is 2. The second kappa shape index (κ2) is 8.14. The number of likely N-dealkylation sites (tertiary alicyclic amines) is 1. The van der Waals surface area contributed by atoms with Crippen molar-refractivity contribution in [2.75, 3.05) is 0 Å². The van der Waals surface area contributed by atoms with Crippen LogP contribution >= 0.6 is 0 Å². The number of aromatic nitrogens is 1. The van der Waals surface area contributed by atoms with Crippen LogP contribution in [0.5, 0.6) is 0 Å². The number of carbonyl (C=O) groups is 2. The molecule has 0 aliphatic carbocycles. The molecule has 1 unspecified atom stereocenters. The first kappa shape index (κ1) is 20.5. The van der Waals surface area contributed by atoms with Gasteiger partial charge in [0.25, 0.3) is 11.7 Å². The number of carbonyl (C=O) groups excluding carboxylic acids is 2. The summed E-state index contributed by atoms with van der Waals surface area (Å²) in [6.07, 6.45) is 3.17. The summed E-state index contributed by atoms with van der Waals surface area (Å²) < 4.78 is 13.3. The summed E-state index contributed by atoms with van der Waals surface area (Å²) in [5.41, 5.74) is 3.78. The van der Waals surface area contributed by atoms with Gasteiger partial charge in [-0.3, -0.25) is 14.6 Å². The number of amides is 1. The smallest absolute Gasteiger partial charge is 0.295 e. The highest BCUT2D eigenvalue weighted by Gasteiger charge is 2.46. The second-order valence-corrected chi connectivity index (χ2v) is 7.64. The third-order valence-corrected chi connectivity index (χ3v) is 5.59. The molecular weight excluding hydrogens is 395 g/mol. The Balaban J connectivity index is 1.85. The van der Waals surface area contributed by atoms with E-state index in [0.717, 1.165) is 11.1 Å². The lowest BCUT2D eigenvalue weighted by Gasteiger charge is -2.25. The molecule has 1 saturated heterocycles. The lowest BCUT2D eigenvalue weighted by atomic mass is 9.95. The molecule has 4 rings (SSSR count). The molecular formula is C25H21FN2O3. The van der Waals surface area contributed by atoms with Gasteiger partial charge in [-0.1, -0.05) is 30.3 Å². The quantitative estimate of drug-likeness (QED) is 0.387. The van der Waals surface area contributed by atoms with Gasteiger partial charge in [0.05, 0.1) is 11.6 Å². The van der Waals surface area contributed by atoms with Crippen molar-refractivity contribution in [3.63, 3.8) is 0 Å². The molecule has 0 spiro atoms. The molecule has 0 radical (unpaired) electrons. The van der Waals surface area contributed by atoms with Gasteiger partial charge < -0.3 is 10.0 Å². The molecule has 1 amide bonds. The molecule has 156 valence electrons. The van der Waals surface area contributed by atoms with E-state index in [9.17, 15) is 19.1 Å². The van der Waals surface area contributed by atoms with E-state index >= 15 is 0 Å². The topological polar surface area (TPSA) is 70.5 Å². The minimum atomic E-state index is -0.805. The normalized spacial score (nSPS) is 17.9. The number of hydrogen-bond acceptors (Lipinski definition) is 4. The molecule has 1 aliphatic heterocycles. The lowest BCUT2D eigenvalue weighted by molar-refractivity contribution is -0.140. The summed E-state index contributed by atoms with van der Waals surface area (Å²) in [6.45, 7) is 3.96. The first-order valence-corrected chi connectivity index (χ1v) is 9.87. The van der Waals surface area contributed by atoms with Gasteiger partial charge in [0, 0.05) is 24.5 Å². The zero-order valence-electron chi connectivity index (χ0n) is 17.2. The molecule has 3 aromatic rings. The van der Waals surface area contributed by atoms with Crippen molar-refractivity contribution in [2.45, 2.75) is 26.4 Å². The highest BCUT2D eigenvalue weighted by atomic mass is 19.1. The summed E-state index contributed by atoms with van der Waals surface area (Å²) in [5.74, 6) is -2.09. The van der Waals surface area contributed by atoms with Crippen LogP contribution in [-0.2, 0) is 16.1 Å². The number of aliphatic hydroxyl groups excluding tert-OH is 1. The zero-order valence-corrected chi connectivity index (χ0v) is 17.2. The minimum Gasteiger partial charge on any atom is -0.507 e. The van der Waals surface area contributed by atoms with E-state index in [0.29, 0.717) is 16.7 Å². The molecule has 0 bridgehead atoms. The highest BCUT2D eigenvalue weighted by molar-refractivity contribution is 6.46. The van der Waals surface area contributed by atoms with Gasteiger partial charge in [-0.15, -0.1) is 0 Å². The number of rotatable bonds is 4. The van der Waals surface area contributed by atoms with Gasteiger partial charge in [0.1, 0.15) is 11.6 Å². The minimum absolute atomic E-state index is 0.0170. The molecule has 6 heteroatoms. The van der Waals surface area contributed by atoms with Crippen molar-refractivity contribution in [3.05, 3.63) is 106 Å². The number of hydrogen-bond donors (Lipinski definition) is 1. The van der Waals surface area contributed by atoms with Crippen LogP contribution in [0.15, 0.2) is 72.6 Å². The third-order valence-electron chi connectivity index (χ3n) is 5.59. The molecule has 31 heavy (non-hydrogen) atoms. The Kier molecular flexibility index (Phi) is 5.38. The third kappa shape index (κ3) is 3.84. The van der Waals surface area contributed by atoms with Crippen LogP contribution in [0.1, 0.15) is 33.9 Å². The second-order valence-electron chi connectivity index (χ2n) is 7.64.